The van der Waals surface area contributed by atoms with Gasteiger partial charge >= 0.3 is 6.03 Å². The third-order valence-corrected chi connectivity index (χ3v) is 1.99. The highest BCUT2D eigenvalue weighted by molar-refractivity contribution is 5.90. The highest BCUT2D eigenvalue weighted by atomic mass is 16.5. The van der Waals surface area contributed by atoms with E-state index in [4.69, 9.17) is 4.74 Å². The number of hydrogen-bond acceptors (Lipinski definition) is 2. The molecule has 0 spiro atoms. The Morgan fingerprint density at radius 1 is 1.50 bits per heavy atom. The van der Waals surface area contributed by atoms with Gasteiger partial charge in [0.25, 0.3) is 0 Å². The van der Waals surface area contributed by atoms with Gasteiger partial charge in [0.05, 0.1) is 12.8 Å². The molecule has 0 bridgehead atoms. The van der Waals surface area contributed by atoms with Crippen molar-refractivity contribution in [1.29, 1.82) is 0 Å². The summed E-state index contributed by atoms with van der Waals surface area (Å²) in [5.41, 5.74) is 0.654. The first-order chi connectivity index (χ1) is 7.77. The lowest BCUT2D eigenvalue weighted by Gasteiger charge is -2.10. The average Bonchev–Trinajstić information content (AvgIpc) is 2.30. The summed E-state index contributed by atoms with van der Waals surface area (Å²) in [6, 6.07) is 7.01. The van der Waals surface area contributed by atoms with Gasteiger partial charge in [-0.15, -0.1) is 6.58 Å². The van der Waals surface area contributed by atoms with Gasteiger partial charge in [-0.1, -0.05) is 18.2 Å². The molecule has 2 N–H and O–H groups in total. The second-order valence-corrected chi connectivity index (χ2v) is 3.16. The van der Waals surface area contributed by atoms with Gasteiger partial charge in [0.15, 0.2) is 0 Å². The van der Waals surface area contributed by atoms with Crippen LogP contribution in [0.25, 0.3) is 0 Å². The van der Waals surface area contributed by atoms with Crippen LogP contribution in [-0.2, 0) is 0 Å². The maximum Gasteiger partial charge on any atom is 0.319 e. The third-order valence-electron chi connectivity index (χ3n) is 1.99. The van der Waals surface area contributed by atoms with Crippen LogP contribution in [0.3, 0.4) is 0 Å². The highest BCUT2D eigenvalue weighted by Crippen LogP contribution is 2.22. The van der Waals surface area contributed by atoms with E-state index in [1.54, 1.807) is 25.3 Å². The van der Waals surface area contributed by atoms with Crippen LogP contribution in [-0.4, -0.2) is 19.7 Å². The molecule has 0 saturated heterocycles. The average molecular weight is 220 g/mol. The Hall–Kier alpha value is -1.97. The zero-order chi connectivity index (χ0) is 11.8. The summed E-state index contributed by atoms with van der Waals surface area (Å²) < 4.78 is 5.11. The molecule has 0 radical (unpaired) electrons. The van der Waals surface area contributed by atoms with Crippen molar-refractivity contribution in [1.82, 2.24) is 5.32 Å². The molecule has 0 aliphatic carbocycles. The molecule has 4 nitrogen and oxygen atoms in total. The van der Waals surface area contributed by atoms with Crippen LogP contribution >= 0.6 is 0 Å². The Morgan fingerprint density at radius 2 is 2.25 bits per heavy atom. The van der Waals surface area contributed by atoms with Gasteiger partial charge in [0, 0.05) is 6.54 Å². The fourth-order valence-electron chi connectivity index (χ4n) is 1.20. The van der Waals surface area contributed by atoms with Crippen molar-refractivity contribution in [2.45, 2.75) is 6.42 Å². The van der Waals surface area contributed by atoms with Gasteiger partial charge in [-0.05, 0) is 18.6 Å². The SMILES string of the molecule is C=CCCNC(=O)Nc1ccccc1OC. The van der Waals surface area contributed by atoms with Gasteiger partial charge in [-0.25, -0.2) is 4.79 Å². The topological polar surface area (TPSA) is 50.4 Å². The maximum atomic E-state index is 11.4. The molecule has 86 valence electrons. The number of benzene rings is 1. The number of methoxy groups -OCH3 is 1. The number of nitrogens with one attached hydrogen (secondary N) is 2. The molecule has 0 saturated carbocycles. The van der Waals surface area contributed by atoms with Crippen LogP contribution in [0.4, 0.5) is 10.5 Å². The molecular weight excluding hydrogens is 204 g/mol. The van der Waals surface area contributed by atoms with E-state index in [0.717, 1.165) is 6.42 Å². The van der Waals surface area contributed by atoms with Crippen molar-refractivity contribution in [3.63, 3.8) is 0 Å². The second-order valence-electron chi connectivity index (χ2n) is 3.16. The monoisotopic (exact) mass is 220 g/mol. The molecule has 1 aromatic rings. The molecule has 0 unspecified atom stereocenters. The summed E-state index contributed by atoms with van der Waals surface area (Å²) in [5.74, 6) is 0.640. The fourth-order valence-corrected chi connectivity index (χ4v) is 1.20. The molecule has 0 heterocycles. The van der Waals surface area contributed by atoms with E-state index >= 15 is 0 Å². The molecule has 4 heteroatoms. The third kappa shape index (κ3) is 3.65. The largest absolute Gasteiger partial charge is 0.495 e. The highest BCUT2D eigenvalue weighted by Gasteiger charge is 2.04. The summed E-state index contributed by atoms with van der Waals surface area (Å²) >= 11 is 0. The minimum Gasteiger partial charge on any atom is -0.495 e. The second kappa shape index (κ2) is 6.50. The Kier molecular flexibility index (Phi) is 4.92. The predicted molar refractivity (Wildman–Crippen MR) is 64.8 cm³/mol. The fraction of sp³-hybridized carbons (Fsp3) is 0.250. The van der Waals surface area contributed by atoms with Gasteiger partial charge in [-0.2, -0.15) is 0 Å². The van der Waals surface area contributed by atoms with E-state index in [-0.39, 0.29) is 6.03 Å². The lowest BCUT2D eigenvalue weighted by molar-refractivity contribution is 0.252. The summed E-state index contributed by atoms with van der Waals surface area (Å²) in [4.78, 5) is 11.4. The molecule has 0 aliphatic rings. The van der Waals surface area contributed by atoms with E-state index in [1.165, 1.54) is 0 Å². The van der Waals surface area contributed by atoms with Crippen LogP contribution in [0.1, 0.15) is 6.42 Å². The van der Waals surface area contributed by atoms with Gasteiger partial charge in [0.1, 0.15) is 5.75 Å². The Bertz CT molecular complexity index is 364. The van der Waals surface area contributed by atoms with Gasteiger partial charge < -0.3 is 15.4 Å². The molecule has 1 aromatic carbocycles. The van der Waals surface area contributed by atoms with E-state index in [2.05, 4.69) is 17.2 Å². The standard InChI is InChI=1S/C12H16N2O2/c1-3-4-9-13-12(15)14-10-7-5-6-8-11(10)16-2/h3,5-8H,1,4,9H2,2H3,(H2,13,14,15). The zero-order valence-electron chi connectivity index (χ0n) is 9.32. The van der Waals surface area contributed by atoms with E-state index < -0.39 is 0 Å². The number of amides is 2. The van der Waals surface area contributed by atoms with Crippen LogP contribution in [0.15, 0.2) is 36.9 Å². The van der Waals surface area contributed by atoms with Crippen molar-refractivity contribution in [2.75, 3.05) is 19.0 Å². The number of carbonyl (C=O) groups excluding carboxylic acids is 1. The molecular formula is C12H16N2O2. The molecule has 0 aliphatic heterocycles. The lowest BCUT2D eigenvalue weighted by Crippen LogP contribution is -2.29. The minimum absolute atomic E-state index is 0.244. The smallest absolute Gasteiger partial charge is 0.319 e. The molecule has 1 rings (SSSR count). The van der Waals surface area contributed by atoms with Crippen LogP contribution in [0.5, 0.6) is 5.75 Å². The van der Waals surface area contributed by atoms with Gasteiger partial charge in [-0.3, -0.25) is 0 Å². The quantitative estimate of drug-likeness (QED) is 0.591. The van der Waals surface area contributed by atoms with E-state index in [9.17, 15) is 4.79 Å². The first kappa shape index (κ1) is 12.1. The minimum atomic E-state index is -0.244. The summed E-state index contributed by atoms with van der Waals surface area (Å²) in [6.07, 6.45) is 2.50. The number of urea groups is 1. The van der Waals surface area contributed by atoms with Crippen molar-refractivity contribution in [2.24, 2.45) is 0 Å². The van der Waals surface area contributed by atoms with Crippen molar-refractivity contribution in [3.05, 3.63) is 36.9 Å². The number of hydrogen-bond donors (Lipinski definition) is 2. The van der Waals surface area contributed by atoms with Crippen molar-refractivity contribution < 1.29 is 9.53 Å². The Balaban J connectivity index is 2.52. The zero-order valence-corrected chi connectivity index (χ0v) is 9.32. The molecule has 0 atom stereocenters. The molecule has 16 heavy (non-hydrogen) atoms. The summed E-state index contributed by atoms with van der Waals surface area (Å²) in [5, 5.41) is 5.42. The molecule has 0 fully saturated rings. The van der Waals surface area contributed by atoms with Crippen LogP contribution < -0.4 is 15.4 Å². The number of para-hydroxylation sites is 2. The lowest BCUT2D eigenvalue weighted by atomic mass is 10.3. The Labute approximate surface area is 95.3 Å². The molecule has 0 aromatic heterocycles. The van der Waals surface area contributed by atoms with Crippen LogP contribution in [0, 0.1) is 0 Å². The molecule has 2 amide bonds. The summed E-state index contributed by atoms with van der Waals surface area (Å²) in [7, 11) is 1.57. The first-order valence-corrected chi connectivity index (χ1v) is 5.06. The summed E-state index contributed by atoms with van der Waals surface area (Å²) in [6.45, 7) is 4.15. The predicted octanol–water partition coefficient (Wildman–Crippen LogP) is 2.39. The van der Waals surface area contributed by atoms with Crippen LogP contribution in [0.2, 0.25) is 0 Å². The Morgan fingerprint density at radius 3 is 2.94 bits per heavy atom. The first-order valence-electron chi connectivity index (χ1n) is 5.06. The van der Waals surface area contributed by atoms with Crippen molar-refractivity contribution in [3.8, 4) is 5.75 Å². The van der Waals surface area contributed by atoms with Crippen molar-refractivity contribution >= 4 is 11.7 Å². The maximum absolute atomic E-state index is 11.4. The normalized spacial score (nSPS) is 9.31. The van der Waals surface area contributed by atoms with Gasteiger partial charge in [0.2, 0.25) is 0 Å². The van der Waals surface area contributed by atoms with E-state index in [1.807, 2.05) is 12.1 Å². The number of ether oxygens (including phenoxy) is 1. The van der Waals surface area contributed by atoms with E-state index in [0.29, 0.717) is 18.0 Å². The number of carbonyl (C=O) groups is 1. The number of anilines is 1. The number of rotatable bonds is 5.